The molecule has 3 nitrogen and oxygen atoms in total. The summed E-state index contributed by atoms with van der Waals surface area (Å²) >= 11 is 0. The number of aliphatic imine (C=N–C) groups is 1. The van der Waals surface area contributed by atoms with Crippen LogP contribution in [0.25, 0.3) is 0 Å². The van der Waals surface area contributed by atoms with Crippen molar-refractivity contribution in [3.63, 3.8) is 0 Å². The normalized spacial score (nSPS) is 23.7. The molecule has 1 saturated carbocycles. The van der Waals surface area contributed by atoms with E-state index in [4.69, 9.17) is 11.5 Å². The minimum absolute atomic E-state index is 0.200. The number of nitrogens with zero attached hydrogens (tertiary/aromatic N) is 1. The van der Waals surface area contributed by atoms with Gasteiger partial charge in [0.25, 0.3) is 0 Å². The van der Waals surface area contributed by atoms with Gasteiger partial charge in [0.15, 0.2) is 5.96 Å². The molecular weight excluding hydrogens is 150 g/mol. The summed E-state index contributed by atoms with van der Waals surface area (Å²) in [6.07, 6.45) is 4.74. The maximum atomic E-state index is 5.25. The Bertz CT molecular complexity index is 192. The highest BCUT2D eigenvalue weighted by Crippen LogP contribution is 2.27. The molecule has 4 N–H and O–H groups in total. The van der Waals surface area contributed by atoms with Crippen molar-refractivity contribution < 1.29 is 0 Å². The molecule has 68 valence electrons. The average molecular weight is 167 g/mol. The van der Waals surface area contributed by atoms with E-state index >= 15 is 0 Å². The van der Waals surface area contributed by atoms with E-state index in [-0.39, 0.29) is 5.96 Å². The highest BCUT2D eigenvalue weighted by atomic mass is 15.0. The van der Waals surface area contributed by atoms with Crippen LogP contribution >= 0.6 is 0 Å². The molecule has 1 aliphatic rings. The first-order chi connectivity index (χ1) is 5.68. The van der Waals surface area contributed by atoms with Gasteiger partial charge in [-0.3, -0.25) is 4.99 Å². The molecule has 0 amide bonds. The molecule has 0 aromatic heterocycles. The third-order valence-electron chi connectivity index (χ3n) is 2.25. The third kappa shape index (κ3) is 2.95. The van der Waals surface area contributed by atoms with Crippen LogP contribution in [-0.2, 0) is 0 Å². The minimum atomic E-state index is 0.200. The molecule has 0 aliphatic heterocycles. The number of hydrogen-bond acceptors (Lipinski definition) is 1. The molecule has 1 rings (SSSR count). The molecule has 1 unspecified atom stereocenters. The van der Waals surface area contributed by atoms with E-state index in [1.165, 1.54) is 24.8 Å². The molecule has 1 aliphatic carbocycles. The Labute approximate surface area is 73.5 Å². The standard InChI is InChI=1S/C9H17N3/c1-7-3-2-4-8(5-7)6-12-9(10)11/h8H,1-6H2,(H4,10,11,12). The molecule has 1 atom stereocenters. The molecule has 0 radical (unpaired) electrons. The maximum absolute atomic E-state index is 5.25. The van der Waals surface area contributed by atoms with Crippen LogP contribution in [-0.4, -0.2) is 12.5 Å². The predicted octanol–water partition coefficient (Wildman–Crippen LogP) is 1.01. The van der Waals surface area contributed by atoms with Gasteiger partial charge in [0.1, 0.15) is 0 Å². The fourth-order valence-corrected chi connectivity index (χ4v) is 1.64. The van der Waals surface area contributed by atoms with Gasteiger partial charge < -0.3 is 11.5 Å². The number of guanidine groups is 1. The Morgan fingerprint density at radius 3 is 2.92 bits per heavy atom. The van der Waals surface area contributed by atoms with Crippen molar-refractivity contribution in [1.82, 2.24) is 0 Å². The van der Waals surface area contributed by atoms with Crippen LogP contribution in [0, 0.1) is 5.92 Å². The highest BCUT2D eigenvalue weighted by Gasteiger charge is 2.14. The molecule has 1 fully saturated rings. The van der Waals surface area contributed by atoms with Crippen LogP contribution < -0.4 is 11.5 Å². The van der Waals surface area contributed by atoms with Crippen molar-refractivity contribution in [3.05, 3.63) is 12.2 Å². The van der Waals surface area contributed by atoms with E-state index in [1.807, 2.05) is 0 Å². The zero-order chi connectivity index (χ0) is 8.97. The van der Waals surface area contributed by atoms with E-state index in [0.717, 1.165) is 13.0 Å². The van der Waals surface area contributed by atoms with E-state index in [1.54, 1.807) is 0 Å². The van der Waals surface area contributed by atoms with E-state index in [2.05, 4.69) is 11.6 Å². The van der Waals surface area contributed by atoms with Crippen LogP contribution in [0.15, 0.2) is 17.1 Å². The van der Waals surface area contributed by atoms with Crippen molar-refractivity contribution in [2.75, 3.05) is 6.54 Å². The Morgan fingerprint density at radius 1 is 1.58 bits per heavy atom. The summed E-state index contributed by atoms with van der Waals surface area (Å²) in [4.78, 5) is 4.01. The first-order valence-electron chi connectivity index (χ1n) is 4.40. The van der Waals surface area contributed by atoms with Crippen molar-refractivity contribution in [2.24, 2.45) is 22.4 Å². The lowest BCUT2D eigenvalue weighted by Gasteiger charge is -2.21. The summed E-state index contributed by atoms with van der Waals surface area (Å²) in [7, 11) is 0. The fraction of sp³-hybridized carbons (Fsp3) is 0.667. The second-order valence-corrected chi connectivity index (χ2v) is 3.48. The molecule has 0 bridgehead atoms. The van der Waals surface area contributed by atoms with E-state index in [0.29, 0.717) is 5.92 Å². The van der Waals surface area contributed by atoms with Crippen LogP contribution in [0.3, 0.4) is 0 Å². The lowest BCUT2D eigenvalue weighted by Crippen LogP contribution is -2.24. The zero-order valence-electron chi connectivity index (χ0n) is 7.42. The molecule has 0 aromatic carbocycles. The summed E-state index contributed by atoms with van der Waals surface area (Å²) in [5, 5.41) is 0. The Balaban J connectivity index is 2.32. The van der Waals surface area contributed by atoms with Gasteiger partial charge >= 0.3 is 0 Å². The number of hydrogen-bond donors (Lipinski definition) is 2. The zero-order valence-corrected chi connectivity index (χ0v) is 7.42. The molecule has 0 spiro atoms. The molecule has 0 saturated heterocycles. The van der Waals surface area contributed by atoms with Gasteiger partial charge in [-0.1, -0.05) is 12.2 Å². The van der Waals surface area contributed by atoms with Gasteiger partial charge in [0.05, 0.1) is 0 Å². The van der Waals surface area contributed by atoms with Gasteiger partial charge in [-0.25, -0.2) is 0 Å². The average Bonchev–Trinajstić information content (AvgIpc) is 2.01. The molecule has 12 heavy (non-hydrogen) atoms. The van der Waals surface area contributed by atoms with E-state index in [9.17, 15) is 0 Å². The number of nitrogens with two attached hydrogens (primary N) is 2. The monoisotopic (exact) mass is 167 g/mol. The summed E-state index contributed by atoms with van der Waals surface area (Å²) in [5.41, 5.74) is 11.8. The van der Waals surface area contributed by atoms with Crippen LogP contribution in [0.5, 0.6) is 0 Å². The van der Waals surface area contributed by atoms with Crippen LogP contribution in [0.4, 0.5) is 0 Å². The SMILES string of the molecule is C=C1CCCC(CN=C(N)N)C1. The predicted molar refractivity (Wildman–Crippen MR) is 51.8 cm³/mol. The molecule has 3 heteroatoms. The van der Waals surface area contributed by atoms with Crippen molar-refractivity contribution in [1.29, 1.82) is 0 Å². The lowest BCUT2D eigenvalue weighted by molar-refractivity contribution is 0.429. The fourth-order valence-electron chi connectivity index (χ4n) is 1.64. The highest BCUT2D eigenvalue weighted by molar-refractivity contribution is 5.75. The minimum Gasteiger partial charge on any atom is -0.370 e. The molecular formula is C9H17N3. The summed E-state index contributed by atoms with van der Waals surface area (Å²) in [6.45, 7) is 4.75. The van der Waals surface area contributed by atoms with Gasteiger partial charge in [0.2, 0.25) is 0 Å². The van der Waals surface area contributed by atoms with Gasteiger partial charge in [-0.05, 0) is 31.6 Å². The van der Waals surface area contributed by atoms with Crippen molar-refractivity contribution >= 4 is 5.96 Å². The quantitative estimate of drug-likeness (QED) is 0.366. The second-order valence-electron chi connectivity index (χ2n) is 3.48. The van der Waals surface area contributed by atoms with Gasteiger partial charge in [-0.2, -0.15) is 0 Å². The number of allylic oxidation sites excluding steroid dienone is 1. The smallest absolute Gasteiger partial charge is 0.185 e. The first kappa shape index (κ1) is 9.10. The summed E-state index contributed by atoms with van der Waals surface area (Å²) in [6, 6.07) is 0. The topological polar surface area (TPSA) is 64.4 Å². The summed E-state index contributed by atoms with van der Waals surface area (Å²) in [5.74, 6) is 0.819. The van der Waals surface area contributed by atoms with Crippen molar-refractivity contribution in [2.45, 2.75) is 25.7 Å². The number of rotatable bonds is 2. The van der Waals surface area contributed by atoms with Crippen molar-refractivity contribution in [3.8, 4) is 0 Å². The third-order valence-corrected chi connectivity index (χ3v) is 2.25. The van der Waals surface area contributed by atoms with E-state index < -0.39 is 0 Å². The van der Waals surface area contributed by atoms with Gasteiger partial charge in [-0.15, -0.1) is 0 Å². The van der Waals surface area contributed by atoms with Gasteiger partial charge in [0, 0.05) is 6.54 Å². The first-order valence-corrected chi connectivity index (χ1v) is 4.40. The van der Waals surface area contributed by atoms with Crippen LogP contribution in [0.1, 0.15) is 25.7 Å². The Kier molecular flexibility index (Phi) is 3.14. The largest absolute Gasteiger partial charge is 0.370 e. The molecule has 0 aromatic rings. The van der Waals surface area contributed by atoms with Crippen LogP contribution in [0.2, 0.25) is 0 Å². The maximum Gasteiger partial charge on any atom is 0.185 e. The lowest BCUT2D eigenvalue weighted by atomic mass is 9.86. The Hall–Kier alpha value is -0.990. The molecule has 0 heterocycles. The second kappa shape index (κ2) is 4.14. The summed E-state index contributed by atoms with van der Waals surface area (Å²) < 4.78 is 0. The Morgan fingerprint density at radius 2 is 2.33 bits per heavy atom.